The second-order valence-electron chi connectivity index (χ2n) is 15.2. The predicted molar refractivity (Wildman–Crippen MR) is 244 cm³/mol. The normalized spacial score (nSPS) is 11.3. The number of benzene rings is 9. The Balaban J connectivity index is 1.36. The van der Waals surface area contributed by atoms with Gasteiger partial charge in [-0.2, -0.15) is 0 Å². The van der Waals surface area contributed by atoms with Gasteiger partial charge in [0.25, 0.3) is 0 Å². The molecule has 4 nitrogen and oxygen atoms in total. The van der Waals surface area contributed by atoms with E-state index in [2.05, 4.69) is 19.1 Å². The Morgan fingerprint density at radius 1 is 0.250 bits per heavy atom. The maximum atomic E-state index is 12.3. The van der Waals surface area contributed by atoms with Gasteiger partial charge >= 0.3 is 0 Å². The Morgan fingerprint density at radius 3 is 0.867 bits per heavy atom. The van der Waals surface area contributed by atoms with Gasteiger partial charge in [-0.05, 0) is 70.1 Å². The van der Waals surface area contributed by atoms with Crippen molar-refractivity contribution in [3.63, 3.8) is 0 Å². The molecule has 60 heavy (non-hydrogen) atoms. The monoisotopic (exact) mass is 778 g/mol. The van der Waals surface area contributed by atoms with Crippen LogP contribution < -0.4 is 0 Å². The quantitative estimate of drug-likeness (QED) is 0.110. The average Bonchev–Trinajstić information content (AvgIpc) is 3.31. The molecule has 0 aliphatic heterocycles. The molecule has 0 heterocycles. The van der Waals surface area contributed by atoms with E-state index in [-0.39, 0.29) is 23.0 Å². The summed E-state index contributed by atoms with van der Waals surface area (Å²) in [5.74, 6) is 0.201. The molecule has 0 saturated carbocycles. The SMILES string of the molecule is CC(c1ccccc1)(c1cc(-c2ccccc2)c(O)c(-c2cccc(-c3ccccc3)c2O)c1)c1cc(-c2ccccc2)c(O)c(-c2cccc(-c3ccccc3)c2O)c1. The molecular weight excluding hydrogens is 737 g/mol. The van der Waals surface area contributed by atoms with Crippen molar-refractivity contribution in [1.29, 1.82) is 0 Å². The van der Waals surface area contributed by atoms with E-state index < -0.39 is 5.41 Å². The van der Waals surface area contributed by atoms with E-state index in [9.17, 15) is 20.4 Å². The third-order valence-electron chi connectivity index (χ3n) is 11.7. The van der Waals surface area contributed by atoms with Crippen LogP contribution >= 0.6 is 0 Å². The lowest BCUT2D eigenvalue weighted by molar-refractivity contribution is 0.470. The van der Waals surface area contributed by atoms with Gasteiger partial charge in [0, 0.05) is 49.9 Å². The molecule has 0 aliphatic rings. The molecule has 0 fully saturated rings. The summed E-state index contributed by atoms with van der Waals surface area (Å²) in [6.07, 6.45) is 0. The largest absolute Gasteiger partial charge is 0.507 e. The Bertz CT molecular complexity index is 2760. The van der Waals surface area contributed by atoms with Gasteiger partial charge in [0.15, 0.2) is 0 Å². The molecular formula is C56H42O4. The van der Waals surface area contributed by atoms with Gasteiger partial charge in [-0.1, -0.05) is 188 Å². The molecule has 290 valence electrons. The van der Waals surface area contributed by atoms with Crippen molar-refractivity contribution < 1.29 is 20.4 Å². The van der Waals surface area contributed by atoms with Gasteiger partial charge < -0.3 is 20.4 Å². The number of hydrogen-bond acceptors (Lipinski definition) is 4. The van der Waals surface area contributed by atoms with Crippen LogP contribution in [0.4, 0.5) is 0 Å². The van der Waals surface area contributed by atoms with E-state index in [1.807, 2.05) is 200 Å². The molecule has 0 bridgehead atoms. The van der Waals surface area contributed by atoms with E-state index in [4.69, 9.17) is 0 Å². The summed E-state index contributed by atoms with van der Waals surface area (Å²) >= 11 is 0. The molecule has 0 radical (unpaired) electrons. The summed E-state index contributed by atoms with van der Waals surface area (Å²) in [7, 11) is 0. The van der Waals surface area contributed by atoms with Gasteiger partial charge in [0.1, 0.15) is 23.0 Å². The standard InChI is InChI=1S/C56H42O4/c1-56(41-27-15-6-16-28-41,42-33-48(39-23-11-4-12-24-39)54(59)50(35-42)46-31-17-29-44(52(46)57)37-19-7-2-8-20-37)43-34-49(40-25-13-5-14-26-40)55(60)51(36-43)47-32-18-30-45(53(47)58)38-21-9-3-10-22-38/h2-36,57-60H,1H3. The van der Waals surface area contributed by atoms with Gasteiger partial charge in [0.2, 0.25) is 0 Å². The van der Waals surface area contributed by atoms with E-state index >= 15 is 0 Å². The van der Waals surface area contributed by atoms with Crippen LogP contribution in [-0.2, 0) is 5.41 Å². The summed E-state index contributed by atoms with van der Waals surface area (Å²) in [5, 5.41) is 48.7. The zero-order valence-electron chi connectivity index (χ0n) is 33.0. The van der Waals surface area contributed by atoms with E-state index in [0.29, 0.717) is 44.5 Å². The summed E-state index contributed by atoms with van der Waals surface area (Å²) in [6, 6.07) is 68.4. The molecule has 0 aromatic heterocycles. The minimum absolute atomic E-state index is 0.0416. The molecule has 9 rings (SSSR count). The number of rotatable bonds is 9. The smallest absolute Gasteiger partial charge is 0.131 e. The van der Waals surface area contributed by atoms with Crippen LogP contribution in [0.3, 0.4) is 0 Å². The molecule has 4 heteroatoms. The maximum Gasteiger partial charge on any atom is 0.131 e. The first-order valence-electron chi connectivity index (χ1n) is 20.0. The molecule has 0 aliphatic carbocycles. The fourth-order valence-corrected chi connectivity index (χ4v) is 8.43. The molecule has 0 amide bonds. The maximum absolute atomic E-state index is 12.3. The third-order valence-corrected chi connectivity index (χ3v) is 11.7. The topological polar surface area (TPSA) is 80.9 Å². The van der Waals surface area contributed by atoms with E-state index in [1.165, 1.54) is 0 Å². The summed E-state index contributed by atoms with van der Waals surface area (Å²) < 4.78 is 0. The molecule has 0 atom stereocenters. The second-order valence-corrected chi connectivity index (χ2v) is 15.2. The lowest BCUT2D eigenvalue weighted by Crippen LogP contribution is -2.26. The highest BCUT2D eigenvalue weighted by molar-refractivity contribution is 5.92. The fourth-order valence-electron chi connectivity index (χ4n) is 8.43. The highest BCUT2D eigenvalue weighted by Gasteiger charge is 2.35. The Kier molecular flexibility index (Phi) is 9.97. The highest BCUT2D eigenvalue weighted by atomic mass is 16.3. The molecule has 9 aromatic rings. The summed E-state index contributed by atoms with van der Waals surface area (Å²) in [5.41, 5.74) is 9.46. The van der Waals surface area contributed by atoms with Crippen LogP contribution in [-0.4, -0.2) is 20.4 Å². The molecule has 4 N–H and O–H groups in total. The van der Waals surface area contributed by atoms with Crippen molar-refractivity contribution in [3.05, 3.63) is 229 Å². The van der Waals surface area contributed by atoms with Gasteiger partial charge in [-0.25, -0.2) is 0 Å². The number of hydrogen-bond donors (Lipinski definition) is 4. The zero-order chi connectivity index (χ0) is 41.2. The minimum atomic E-state index is -0.932. The van der Waals surface area contributed by atoms with Gasteiger partial charge in [-0.15, -0.1) is 0 Å². The lowest BCUT2D eigenvalue weighted by Gasteiger charge is -2.34. The molecule has 0 unspecified atom stereocenters. The molecule has 0 saturated heterocycles. The van der Waals surface area contributed by atoms with Gasteiger partial charge in [-0.3, -0.25) is 0 Å². The molecule has 9 aromatic carbocycles. The van der Waals surface area contributed by atoms with Crippen molar-refractivity contribution in [3.8, 4) is 89.8 Å². The lowest BCUT2D eigenvalue weighted by atomic mass is 9.68. The first kappa shape index (κ1) is 37.7. The van der Waals surface area contributed by atoms with Crippen LogP contribution in [0.1, 0.15) is 23.6 Å². The Hall–Kier alpha value is -7.82. The minimum Gasteiger partial charge on any atom is -0.507 e. The fraction of sp³-hybridized carbons (Fsp3) is 0.0357. The van der Waals surface area contributed by atoms with E-state index in [1.54, 1.807) is 0 Å². The van der Waals surface area contributed by atoms with Crippen molar-refractivity contribution in [2.24, 2.45) is 0 Å². The number of aromatic hydroxyl groups is 4. The number of phenolic OH excluding ortho intramolecular Hbond substituents is 4. The van der Waals surface area contributed by atoms with Crippen LogP contribution in [0.5, 0.6) is 23.0 Å². The Morgan fingerprint density at radius 2 is 0.517 bits per heavy atom. The van der Waals surface area contributed by atoms with Crippen LogP contribution in [0.15, 0.2) is 212 Å². The van der Waals surface area contributed by atoms with Crippen LogP contribution in [0.25, 0.3) is 66.8 Å². The zero-order valence-corrected chi connectivity index (χ0v) is 33.0. The van der Waals surface area contributed by atoms with Gasteiger partial charge in [0.05, 0.1) is 0 Å². The highest BCUT2D eigenvalue weighted by Crippen LogP contribution is 2.52. The average molecular weight is 779 g/mol. The predicted octanol–water partition coefficient (Wildman–Crippen LogP) is 13.9. The van der Waals surface area contributed by atoms with Crippen LogP contribution in [0.2, 0.25) is 0 Å². The number of phenols is 4. The third kappa shape index (κ3) is 6.74. The van der Waals surface area contributed by atoms with E-state index in [0.717, 1.165) is 38.9 Å². The van der Waals surface area contributed by atoms with Crippen molar-refractivity contribution in [2.45, 2.75) is 12.3 Å². The summed E-state index contributed by atoms with van der Waals surface area (Å²) in [4.78, 5) is 0. The first-order chi connectivity index (χ1) is 29.3. The summed E-state index contributed by atoms with van der Waals surface area (Å²) in [6.45, 7) is 2.15. The van der Waals surface area contributed by atoms with Crippen LogP contribution in [0, 0.1) is 0 Å². The van der Waals surface area contributed by atoms with Crippen molar-refractivity contribution >= 4 is 0 Å². The first-order valence-corrected chi connectivity index (χ1v) is 20.0. The van der Waals surface area contributed by atoms with Crippen molar-refractivity contribution in [2.75, 3.05) is 0 Å². The Labute approximate surface area is 350 Å². The second kappa shape index (κ2) is 15.8. The van der Waals surface area contributed by atoms with Crippen molar-refractivity contribution in [1.82, 2.24) is 0 Å². The number of para-hydroxylation sites is 2. The molecule has 0 spiro atoms.